The van der Waals surface area contributed by atoms with Gasteiger partial charge in [-0.15, -0.1) is 0 Å². The summed E-state index contributed by atoms with van der Waals surface area (Å²) < 4.78 is 26.4. The van der Waals surface area contributed by atoms with Crippen LogP contribution in [0, 0.1) is 6.92 Å². The number of anilines is 1. The zero-order valence-electron chi connectivity index (χ0n) is 11.3. The summed E-state index contributed by atoms with van der Waals surface area (Å²) in [4.78, 5) is 1.83. The predicted octanol–water partition coefficient (Wildman–Crippen LogP) is 2.64. The molecule has 6 heteroatoms. The van der Waals surface area contributed by atoms with E-state index >= 15 is 0 Å². The summed E-state index contributed by atoms with van der Waals surface area (Å²) in [6.07, 6.45) is 0. The van der Waals surface area contributed by atoms with Crippen molar-refractivity contribution in [1.29, 1.82) is 0 Å². The van der Waals surface area contributed by atoms with Crippen LogP contribution in [0.25, 0.3) is 0 Å². The monoisotopic (exact) mass is 308 g/mol. The Kier molecular flexibility index (Phi) is 4.37. The third kappa shape index (κ3) is 3.33. The van der Waals surface area contributed by atoms with Gasteiger partial charge in [0.1, 0.15) is 0 Å². The molecule has 0 fully saturated rings. The molecule has 0 saturated heterocycles. The van der Waals surface area contributed by atoms with Gasteiger partial charge in [0.15, 0.2) is 0 Å². The van der Waals surface area contributed by atoms with Gasteiger partial charge in [0, 0.05) is 15.5 Å². The molecular formula is C14H16N2O2S2. The van der Waals surface area contributed by atoms with Crippen LogP contribution in [0.2, 0.25) is 0 Å². The number of nitrogen functional groups attached to an aromatic ring is 1. The normalized spacial score (nSPS) is 11.5. The van der Waals surface area contributed by atoms with Crippen molar-refractivity contribution in [3.05, 3.63) is 48.0 Å². The van der Waals surface area contributed by atoms with Crippen molar-refractivity contribution in [1.82, 2.24) is 4.72 Å². The van der Waals surface area contributed by atoms with E-state index < -0.39 is 10.0 Å². The summed E-state index contributed by atoms with van der Waals surface area (Å²) in [5, 5.41) is 0. The molecule has 2 aromatic carbocycles. The molecule has 2 aromatic rings. The van der Waals surface area contributed by atoms with Crippen LogP contribution in [0.1, 0.15) is 5.56 Å². The minimum Gasteiger partial charge on any atom is -0.399 e. The number of aryl methyl sites for hydroxylation is 1. The summed E-state index contributed by atoms with van der Waals surface area (Å²) in [5.41, 5.74) is 7.28. The highest BCUT2D eigenvalue weighted by molar-refractivity contribution is 8.00. The summed E-state index contributed by atoms with van der Waals surface area (Å²) >= 11 is 1.40. The number of nitrogens with one attached hydrogen (secondary N) is 1. The Morgan fingerprint density at radius 2 is 1.75 bits per heavy atom. The van der Waals surface area contributed by atoms with Crippen molar-refractivity contribution in [2.75, 3.05) is 12.8 Å². The zero-order valence-corrected chi connectivity index (χ0v) is 12.9. The highest BCUT2D eigenvalue weighted by Gasteiger charge is 2.17. The van der Waals surface area contributed by atoms with E-state index in [4.69, 9.17) is 5.73 Å². The smallest absolute Gasteiger partial charge is 0.241 e. The lowest BCUT2D eigenvalue weighted by molar-refractivity contribution is 0.586. The Bertz CT molecular complexity index is 710. The van der Waals surface area contributed by atoms with Crippen molar-refractivity contribution in [3.63, 3.8) is 0 Å². The van der Waals surface area contributed by atoms with Crippen LogP contribution in [0.4, 0.5) is 5.69 Å². The number of nitrogens with two attached hydrogens (primary N) is 1. The van der Waals surface area contributed by atoms with Crippen molar-refractivity contribution in [2.45, 2.75) is 21.6 Å². The quantitative estimate of drug-likeness (QED) is 0.852. The lowest BCUT2D eigenvalue weighted by Gasteiger charge is -2.10. The second-order valence-corrected chi connectivity index (χ2v) is 7.30. The fraction of sp³-hybridized carbons (Fsp3) is 0.143. The van der Waals surface area contributed by atoms with Gasteiger partial charge < -0.3 is 5.73 Å². The Balaban J connectivity index is 2.44. The van der Waals surface area contributed by atoms with Crippen molar-refractivity contribution < 1.29 is 8.42 Å². The molecule has 0 aromatic heterocycles. The molecule has 106 valence electrons. The fourth-order valence-corrected chi connectivity index (χ4v) is 3.78. The number of benzene rings is 2. The van der Waals surface area contributed by atoms with Crippen LogP contribution in [0.15, 0.2) is 57.2 Å². The molecule has 0 atom stereocenters. The molecule has 0 radical (unpaired) electrons. The van der Waals surface area contributed by atoms with Crippen LogP contribution in [0.3, 0.4) is 0 Å². The van der Waals surface area contributed by atoms with Crippen molar-refractivity contribution in [2.24, 2.45) is 0 Å². The van der Waals surface area contributed by atoms with Gasteiger partial charge in [0.05, 0.1) is 4.90 Å². The SMILES string of the molecule is CNS(=O)(=O)c1cc(N)ccc1Sc1ccc(C)cc1. The number of sulfonamides is 1. The van der Waals surface area contributed by atoms with E-state index in [-0.39, 0.29) is 4.90 Å². The van der Waals surface area contributed by atoms with E-state index in [1.807, 2.05) is 31.2 Å². The second-order valence-electron chi connectivity index (χ2n) is 4.33. The fourth-order valence-electron chi connectivity index (χ4n) is 1.66. The minimum absolute atomic E-state index is 0.200. The highest BCUT2D eigenvalue weighted by Crippen LogP contribution is 2.33. The molecule has 0 aliphatic carbocycles. The first kappa shape index (κ1) is 14.9. The summed E-state index contributed by atoms with van der Waals surface area (Å²) in [6.45, 7) is 2.01. The third-order valence-corrected chi connectivity index (χ3v) is 5.44. The van der Waals surface area contributed by atoms with Crippen LogP contribution in [-0.2, 0) is 10.0 Å². The Labute approximate surface area is 123 Å². The van der Waals surface area contributed by atoms with Gasteiger partial charge in [-0.2, -0.15) is 0 Å². The Morgan fingerprint density at radius 3 is 2.35 bits per heavy atom. The standard InChI is InChI=1S/C14H16N2O2S2/c1-10-3-6-12(7-4-10)19-13-8-5-11(15)9-14(13)20(17,18)16-2/h3-9,16H,15H2,1-2H3. The van der Waals surface area contributed by atoms with E-state index in [2.05, 4.69) is 4.72 Å². The summed E-state index contributed by atoms with van der Waals surface area (Å²) in [6, 6.07) is 12.8. The first-order chi connectivity index (χ1) is 9.42. The van der Waals surface area contributed by atoms with Gasteiger partial charge in [-0.25, -0.2) is 13.1 Å². The number of hydrogen-bond acceptors (Lipinski definition) is 4. The lowest BCUT2D eigenvalue weighted by Crippen LogP contribution is -2.19. The molecule has 3 N–H and O–H groups in total. The van der Waals surface area contributed by atoms with E-state index in [1.54, 1.807) is 12.1 Å². The molecule has 0 aliphatic rings. The molecular weight excluding hydrogens is 292 g/mol. The molecule has 0 aliphatic heterocycles. The van der Waals surface area contributed by atoms with E-state index in [9.17, 15) is 8.42 Å². The average Bonchev–Trinajstić information content (AvgIpc) is 2.43. The third-order valence-electron chi connectivity index (χ3n) is 2.77. The maximum atomic E-state index is 12.0. The van der Waals surface area contributed by atoms with Crippen molar-refractivity contribution in [3.8, 4) is 0 Å². The van der Waals surface area contributed by atoms with E-state index in [1.165, 1.54) is 24.9 Å². The van der Waals surface area contributed by atoms with Crippen LogP contribution in [-0.4, -0.2) is 15.5 Å². The van der Waals surface area contributed by atoms with Gasteiger partial charge in [-0.1, -0.05) is 29.5 Å². The van der Waals surface area contributed by atoms with Crippen LogP contribution >= 0.6 is 11.8 Å². The minimum atomic E-state index is -3.53. The Hall–Kier alpha value is -1.50. The molecule has 0 saturated carbocycles. The first-order valence-corrected chi connectivity index (χ1v) is 8.30. The highest BCUT2D eigenvalue weighted by atomic mass is 32.2. The summed E-state index contributed by atoms with van der Waals surface area (Å²) in [7, 11) is -2.14. The van der Waals surface area contributed by atoms with Gasteiger partial charge in [0.2, 0.25) is 10.0 Å². The Morgan fingerprint density at radius 1 is 1.10 bits per heavy atom. The molecule has 0 spiro atoms. The number of hydrogen-bond donors (Lipinski definition) is 2. The van der Waals surface area contributed by atoms with Gasteiger partial charge in [0.25, 0.3) is 0 Å². The van der Waals surface area contributed by atoms with E-state index in [0.717, 1.165) is 10.5 Å². The molecule has 0 unspecified atom stereocenters. The average molecular weight is 308 g/mol. The molecule has 0 bridgehead atoms. The van der Waals surface area contributed by atoms with E-state index in [0.29, 0.717) is 10.6 Å². The molecule has 4 nitrogen and oxygen atoms in total. The topological polar surface area (TPSA) is 72.2 Å². The van der Waals surface area contributed by atoms with Gasteiger partial charge in [-0.05, 0) is 44.3 Å². The summed E-state index contributed by atoms with van der Waals surface area (Å²) in [5.74, 6) is 0. The molecule has 0 heterocycles. The van der Waals surface area contributed by atoms with Gasteiger partial charge in [-0.3, -0.25) is 0 Å². The molecule has 20 heavy (non-hydrogen) atoms. The number of rotatable bonds is 4. The first-order valence-electron chi connectivity index (χ1n) is 6.00. The van der Waals surface area contributed by atoms with Crippen molar-refractivity contribution >= 4 is 27.5 Å². The predicted molar refractivity (Wildman–Crippen MR) is 82.4 cm³/mol. The van der Waals surface area contributed by atoms with Gasteiger partial charge >= 0.3 is 0 Å². The zero-order chi connectivity index (χ0) is 14.8. The maximum absolute atomic E-state index is 12.0. The lowest BCUT2D eigenvalue weighted by atomic mass is 10.2. The largest absolute Gasteiger partial charge is 0.399 e. The maximum Gasteiger partial charge on any atom is 0.241 e. The van der Waals surface area contributed by atoms with Crippen LogP contribution in [0.5, 0.6) is 0 Å². The molecule has 2 rings (SSSR count). The molecule has 0 amide bonds. The second kappa shape index (κ2) is 5.87. The van der Waals surface area contributed by atoms with Crippen LogP contribution < -0.4 is 10.5 Å².